The van der Waals surface area contributed by atoms with Crippen molar-refractivity contribution in [1.29, 1.82) is 0 Å². The van der Waals surface area contributed by atoms with Crippen molar-refractivity contribution in [2.24, 2.45) is 5.92 Å². The van der Waals surface area contributed by atoms with Crippen LogP contribution in [0.25, 0.3) is 10.2 Å². The Kier molecular flexibility index (Phi) is 4.95. The number of ether oxygens (including phenoxy) is 1. The molecule has 5 rings (SSSR count). The van der Waals surface area contributed by atoms with E-state index in [2.05, 4.69) is 11.1 Å². The maximum atomic E-state index is 11.3. The van der Waals surface area contributed by atoms with E-state index in [1.807, 2.05) is 42.5 Å². The highest BCUT2D eigenvalue weighted by atomic mass is 32.1. The summed E-state index contributed by atoms with van der Waals surface area (Å²) in [7, 11) is 0. The SMILES string of the molecule is O=C(O)C1ON1C(c1ccc(OCc2nc3ccccc3s2)cc1)C1CCCC1. The smallest absolute Gasteiger partial charge is 0.352 e. The summed E-state index contributed by atoms with van der Waals surface area (Å²) in [6.07, 6.45) is 3.77. The van der Waals surface area contributed by atoms with E-state index in [1.165, 1.54) is 12.8 Å². The summed E-state index contributed by atoms with van der Waals surface area (Å²) in [5.41, 5.74) is 2.07. The number of benzene rings is 2. The van der Waals surface area contributed by atoms with Gasteiger partial charge in [0.05, 0.1) is 16.3 Å². The van der Waals surface area contributed by atoms with Crippen LogP contribution in [0.5, 0.6) is 5.75 Å². The predicted octanol–water partition coefficient (Wildman–Crippen LogP) is 4.76. The van der Waals surface area contributed by atoms with Crippen LogP contribution in [0.15, 0.2) is 48.5 Å². The highest BCUT2D eigenvalue weighted by Gasteiger charge is 2.51. The first-order valence-electron chi connectivity index (χ1n) is 9.94. The summed E-state index contributed by atoms with van der Waals surface area (Å²) in [6.45, 7) is 0.432. The lowest BCUT2D eigenvalue weighted by molar-refractivity contribution is -0.138. The largest absolute Gasteiger partial charge is 0.486 e. The zero-order valence-corrected chi connectivity index (χ0v) is 16.7. The van der Waals surface area contributed by atoms with Crippen LogP contribution in [0.2, 0.25) is 0 Å². The summed E-state index contributed by atoms with van der Waals surface area (Å²) < 4.78 is 7.09. The summed E-state index contributed by atoms with van der Waals surface area (Å²) in [5, 5.41) is 11.8. The van der Waals surface area contributed by atoms with Gasteiger partial charge in [0.15, 0.2) is 0 Å². The van der Waals surface area contributed by atoms with Crippen LogP contribution in [0.3, 0.4) is 0 Å². The lowest BCUT2D eigenvalue weighted by Crippen LogP contribution is -2.22. The Bertz CT molecular complexity index is 980. The van der Waals surface area contributed by atoms with Gasteiger partial charge in [-0.1, -0.05) is 37.1 Å². The van der Waals surface area contributed by atoms with Crippen molar-refractivity contribution in [2.45, 2.75) is 44.6 Å². The molecule has 150 valence electrons. The van der Waals surface area contributed by atoms with Gasteiger partial charge in [0, 0.05) is 0 Å². The quantitative estimate of drug-likeness (QED) is 0.566. The topological polar surface area (TPSA) is 75.0 Å². The van der Waals surface area contributed by atoms with E-state index in [0.29, 0.717) is 12.5 Å². The third-order valence-electron chi connectivity index (χ3n) is 5.66. The Morgan fingerprint density at radius 3 is 2.66 bits per heavy atom. The number of fused-ring (bicyclic) bond motifs is 1. The second-order valence-corrected chi connectivity index (χ2v) is 8.69. The van der Waals surface area contributed by atoms with Gasteiger partial charge >= 0.3 is 5.97 Å². The van der Waals surface area contributed by atoms with E-state index >= 15 is 0 Å². The normalized spacial score (nSPS) is 22.6. The van der Waals surface area contributed by atoms with Crippen molar-refractivity contribution >= 4 is 27.5 Å². The molecule has 1 aromatic heterocycles. The second-order valence-electron chi connectivity index (χ2n) is 7.58. The standard InChI is InChI=1S/C22H22N2O4S/c25-22(26)21-24(28-21)20(14-5-1-2-6-14)15-9-11-16(12-10-15)27-13-19-23-17-7-3-4-8-18(17)29-19/h3-4,7-12,14,20-21H,1-2,5-6,13H2,(H,25,26). The van der Waals surface area contributed by atoms with E-state index in [4.69, 9.17) is 9.57 Å². The Balaban J connectivity index is 1.28. The maximum Gasteiger partial charge on any atom is 0.352 e. The fourth-order valence-electron chi connectivity index (χ4n) is 4.24. The van der Waals surface area contributed by atoms with Crippen LogP contribution >= 0.6 is 11.3 Å². The molecule has 0 radical (unpaired) electrons. The molecule has 0 bridgehead atoms. The number of carboxylic acids is 1. The van der Waals surface area contributed by atoms with Crippen molar-refractivity contribution in [2.75, 3.05) is 0 Å². The molecule has 1 N–H and O–H groups in total. The number of rotatable bonds is 7. The van der Waals surface area contributed by atoms with Crippen LogP contribution in [0.4, 0.5) is 0 Å². The molecule has 2 heterocycles. The number of nitrogens with zero attached hydrogens (tertiary/aromatic N) is 2. The molecular weight excluding hydrogens is 388 g/mol. The van der Waals surface area contributed by atoms with E-state index in [-0.39, 0.29) is 6.04 Å². The first kappa shape index (κ1) is 18.5. The van der Waals surface area contributed by atoms with Crippen molar-refractivity contribution in [1.82, 2.24) is 10.0 Å². The highest BCUT2D eigenvalue weighted by molar-refractivity contribution is 7.18. The Morgan fingerprint density at radius 2 is 1.97 bits per heavy atom. The lowest BCUT2D eigenvalue weighted by atomic mass is 9.91. The summed E-state index contributed by atoms with van der Waals surface area (Å²) in [4.78, 5) is 21.2. The van der Waals surface area contributed by atoms with Gasteiger partial charge in [-0.05, 0) is 48.6 Å². The Labute approximate surface area is 172 Å². The minimum atomic E-state index is -0.927. The van der Waals surface area contributed by atoms with Gasteiger partial charge < -0.3 is 9.84 Å². The number of carbonyl (C=O) groups is 1. The molecule has 1 saturated carbocycles. The van der Waals surface area contributed by atoms with Gasteiger partial charge in [-0.2, -0.15) is 0 Å². The number of hydroxylamine groups is 2. The Morgan fingerprint density at radius 1 is 1.21 bits per heavy atom. The van der Waals surface area contributed by atoms with Gasteiger partial charge in [-0.15, -0.1) is 16.4 Å². The molecule has 2 fully saturated rings. The fraction of sp³-hybridized carbons (Fsp3) is 0.364. The summed E-state index contributed by atoms with van der Waals surface area (Å²) in [6, 6.07) is 16.0. The Hall–Kier alpha value is -2.48. The van der Waals surface area contributed by atoms with E-state index < -0.39 is 12.2 Å². The van der Waals surface area contributed by atoms with Crippen LogP contribution < -0.4 is 4.74 Å². The minimum absolute atomic E-state index is 0.0167. The molecule has 3 aromatic rings. The zero-order chi connectivity index (χ0) is 19.8. The summed E-state index contributed by atoms with van der Waals surface area (Å²) >= 11 is 1.64. The second kappa shape index (κ2) is 7.74. The monoisotopic (exact) mass is 410 g/mol. The van der Waals surface area contributed by atoms with Crippen molar-refractivity contribution in [3.8, 4) is 5.75 Å². The van der Waals surface area contributed by atoms with Gasteiger partial charge in [0.1, 0.15) is 17.4 Å². The zero-order valence-electron chi connectivity index (χ0n) is 15.9. The van der Waals surface area contributed by atoms with Gasteiger partial charge in [-0.3, -0.25) is 4.84 Å². The van der Waals surface area contributed by atoms with Gasteiger partial charge in [0.25, 0.3) is 6.23 Å². The molecule has 2 aromatic carbocycles. The molecule has 0 spiro atoms. The van der Waals surface area contributed by atoms with Crippen LogP contribution in [0, 0.1) is 5.92 Å². The molecule has 7 heteroatoms. The third-order valence-corrected chi connectivity index (χ3v) is 6.67. The summed E-state index contributed by atoms with van der Waals surface area (Å²) in [5.74, 6) is 0.275. The molecule has 29 heavy (non-hydrogen) atoms. The van der Waals surface area contributed by atoms with Crippen molar-refractivity contribution in [3.63, 3.8) is 0 Å². The van der Waals surface area contributed by atoms with Crippen molar-refractivity contribution < 1.29 is 19.5 Å². The average molecular weight is 410 g/mol. The number of hydrogen-bond donors (Lipinski definition) is 1. The highest BCUT2D eigenvalue weighted by Crippen LogP contribution is 2.45. The maximum absolute atomic E-state index is 11.3. The molecule has 1 aliphatic carbocycles. The van der Waals surface area contributed by atoms with Crippen LogP contribution in [0.1, 0.15) is 42.3 Å². The molecular formula is C22H22N2O4S. The minimum Gasteiger partial charge on any atom is -0.486 e. The molecule has 3 atom stereocenters. The number of aliphatic carboxylic acids is 1. The molecule has 1 aliphatic heterocycles. The van der Waals surface area contributed by atoms with E-state index in [1.54, 1.807) is 16.4 Å². The number of thiazole rings is 1. The molecule has 2 aliphatic rings. The van der Waals surface area contributed by atoms with Crippen LogP contribution in [-0.4, -0.2) is 27.4 Å². The molecule has 3 unspecified atom stereocenters. The van der Waals surface area contributed by atoms with Crippen molar-refractivity contribution in [3.05, 3.63) is 59.1 Å². The number of carboxylic acid groups (broad SMARTS) is 1. The van der Waals surface area contributed by atoms with E-state index in [9.17, 15) is 9.90 Å². The average Bonchev–Trinajstić information content (AvgIpc) is 3.13. The number of para-hydroxylation sites is 1. The third kappa shape index (κ3) is 3.85. The van der Waals surface area contributed by atoms with E-state index in [0.717, 1.165) is 39.4 Å². The first-order chi connectivity index (χ1) is 14.2. The van der Waals surface area contributed by atoms with Gasteiger partial charge in [0.2, 0.25) is 0 Å². The molecule has 1 saturated heterocycles. The van der Waals surface area contributed by atoms with Gasteiger partial charge in [-0.25, -0.2) is 9.78 Å². The van der Waals surface area contributed by atoms with Crippen LogP contribution in [-0.2, 0) is 16.2 Å². The molecule has 0 amide bonds. The molecule has 6 nitrogen and oxygen atoms in total. The number of hydrogen-bond acceptors (Lipinski definition) is 6. The fourth-order valence-corrected chi connectivity index (χ4v) is 5.12. The predicted molar refractivity (Wildman–Crippen MR) is 109 cm³/mol. The lowest BCUT2D eigenvalue weighted by Gasteiger charge is -2.23. The number of aromatic nitrogens is 1. The first-order valence-corrected chi connectivity index (χ1v) is 10.8.